The van der Waals surface area contributed by atoms with Crippen LogP contribution in [0.3, 0.4) is 0 Å². The van der Waals surface area contributed by atoms with Crippen molar-refractivity contribution in [2.45, 2.75) is 6.92 Å². The minimum Gasteiger partial charge on any atom is -0.298 e. The third-order valence-corrected chi connectivity index (χ3v) is 5.44. The quantitative estimate of drug-likeness (QED) is 0.302. The first-order valence-electron chi connectivity index (χ1n) is 9.45. The first kappa shape index (κ1) is 19.7. The van der Waals surface area contributed by atoms with Gasteiger partial charge < -0.3 is 0 Å². The van der Waals surface area contributed by atoms with E-state index in [1.165, 1.54) is 23.5 Å². The van der Waals surface area contributed by atoms with Crippen LogP contribution in [0.2, 0.25) is 0 Å². The molecule has 1 N–H and O–H groups in total. The molecule has 0 bridgehead atoms. The van der Waals surface area contributed by atoms with Crippen LogP contribution in [-0.4, -0.2) is 10.9 Å². The first-order chi connectivity index (χ1) is 14.6. The number of aromatic nitrogens is 1. The van der Waals surface area contributed by atoms with E-state index in [9.17, 15) is 9.18 Å². The number of halogens is 1. The number of amides is 1. The van der Waals surface area contributed by atoms with Crippen LogP contribution in [0.1, 0.15) is 16.8 Å². The largest absolute Gasteiger partial charge is 0.298 e. The molecule has 3 aromatic carbocycles. The Morgan fingerprint density at radius 2 is 1.60 bits per heavy atom. The van der Waals surface area contributed by atoms with Crippen molar-refractivity contribution in [2.75, 3.05) is 5.32 Å². The van der Waals surface area contributed by atoms with Crippen LogP contribution in [0.15, 0.2) is 84.2 Å². The molecule has 3 nitrogen and oxygen atoms in total. The summed E-state index contributed by atoms with van der Waals surface area (Å²) >= 11 is 1.38. The molecule has 4 rings (SSSR count). The van der Waals surface area contributed by atoms with Crippen molar-refractivity contribution in [3.8, 4) is 11.1 Å². The van der Waals surface area contributed by atoms with E-state index in [1.807, 2.05) is 66.9 Å². The second kappa shape index (κ2) is 8.84. The van der Waals surface area contributed by atoms with Gasteiger partial charge in [0.15, 0.2) is 5.13 Å². The Bertz CT molecular complexity index is 1180. The van der Waals surface area contributed by atoms with E-state index < -0.39 is 0 Å². The number of carbonyl (C=O) groups excluding carboxylic acids is 1. The molecular formula is C25H19FN2OS. The van der Waals surface area contributed by atoms with E-state index >= 15 is 0 Å². The molecule has 0 saturated carbocycles. The Hall–Kier alpha value is -3.57. The molecule has 0 aliphatic carbocycles. The maximum absolute atomic E-state index is 13.3. The summed E-state index contributed by atoms with van der Waals surface area (Å²) < 4.78 is 13.3. The number of hydrogen-bond acceptors (Lipinski definition) is 3. The normalized spacial score (nSPS) is 11.3. The van der Waals surface area contributed by atoms with Crippen molar-refractivity contribution in [1.82, 2.24) is 4.98 Å². The fourth-order valence-corrected chi connectivity index (χ4v) is 3.74. The summed E-state index contributed by atoms with van der Waals surface area (Å²) in [5.41, 5.74) is 5.02. The number of hydrogen-bond donors (Lipinski definition) is 1. The number of nitrogens with zero attached hydrogens (tertiary/aromatic N) is 1. The van der Waals surface area contributed by atoms with Crippen LogP contribution in [0.4, 0.5) is 9.52 Å². The number of benzene rings is 3. The average molecular weight is 415 g/mol. The van der Waals surface area contributed by atoms with Gasteiger partial charge in [-0.3, -0.25) is 10.1 Å². The van der Waals surface area contributed by atoms with Crippen LogP contribution < -0.4 is 5.32 Å². The van der Waals surface area contributed by atoms with Crippen LogP contribution in [0.25, 0.3) is 22.8 Å². The van der Waals surface area contributed by atoms with Gasteiger partial charge in [-0.05, 0) is 47.4 Å². The number of rotatable bonds is 5. The smallest absolute Gasteiger partial charge is 0.258 e. The highest BCUT2D eigenvalue weighted by Crippen LogP contribution is 2.26. The second-order valence-electron chi connectivity index (χ2n) is 6.80. The molecule has 0 radical (unpaired) electrons. The lowest BCUT2D eigenvalue weighted by molar-refractivity contribution is -0.111. The van der Waals surface area contributed by atoms with E-state index in [-0.39, 0.29) is 11.7 Å². The maximum Gasteiger partial charge on any atom is 0.258 e. The standard InChI is InChI=1S/C25H19FN2OS/c1-17-16-30-25(27-17)28-24(29)23(15-18-7-13-22(26)14-8-18)21-11-9-20(10-12-21)19-5-3-2-4-6-19/h2-16H,1H3,(H,27,28,29). The average Bonchev–Trinajstić information content (AvgIpc) is 3.18. The van der Waals surface area contributed by atoms with Gasteiger partial charge >= 0.3 is 0 Å². The Morgan fingerprint density at radius 3 is 2.23 bits per heavy atom. The zero-order valence-corrected chi connectivity index (χ0v) is 17.1. The first-order valence-corrected chi connectivity index (χ1v) is 10.3. The van der Waals surface area contributed by atoms with Gasteiger partial charge in [0, 0.05) is 11.0 Å². The van der Waals surface area contributed by atoms with E-state index in [4.69, 9.17) is 0 Å². The Labute approximate surface area is 178 Å². The molecule has 0 aliphatic heterocycles. The zero-order chi connectivity index (χ0) is 20.9. The Balaban J connectivity index is 1.69. The number of carbonyl (C=O) groups is 1. The molecule has 1 amide bonds. The van der Waals surface area contributed by atoms with Crippen molar-refractivity contribution >= 4 is 34.0 Å². The molecule has 0 atom stereocenters. The predicted octanol–water partition coefficient (Wildman–Crippen LogP) is 6.44. The van der Waals surface area contributed by atoms with E-state index in [1.54, 1.807) is 18.2 Å². The summed E-state index contributed by atoms with van der Waals surface area (Å²) in [5.74, 6) is -0.579. The van der Waals surface area contributed by atoms with Gasteiger partial charge in [0.25, 0.3) is 5.91 Å². The fourth-order valence-electron chi connectivity index (χ4n) is 3.05. The van der Waals surface area contributed by atoms with Crippen molar-refractivity contribution in [1.29, 1.82) is 0 Å². The molecule has 0 spiro atoms. The molecule has 30 heavy (non-hydrogen) atoms. The Kier molecular flexibility index (Phi) is 5.82. The highest BCUT2D eigenvalue weighted by Gasteiger charge is 2.14. The van der Waals surface area contributed by atoms with Crippen LogP contribution in [0, 0.1) is 12.7 Å². The van der Waals surface area contributed by atoms with Crippen LogP contribution in [-0.2, 0) is 4.79 Å². The number of thiazole rings is 1. The molecular weight excluding hydrogens is 395 g/mol. The zero-order valence-electron chi connectivity index (χ0n) is 16.3. The van der Waals surface area contributed by atoms with E-state index in [0.29, 0.717) is 10.7 Å². The highest BCUT2D eigenvalue weighted by molar-refractivity contribution is 7.14. The molecule has 1 heterocycles. The minimum absolute atomic E-state index is 0.263. The minimum atomic E-state index is -0.316. The van der Waals surface area contributed by atoms with Gasteiger partial charge in [-0.1, -0.05) is 66.7 Å². The third-order valence-electron chi connectivity index (χ3n) is 4.57. The number of anilines is 1. The van der Waals surface area contributed by atoms with Gasteiger partial charge in [0.1, 0.15) is 5.82 Å². The maximum atomic E-state index is 13.3. The van der Waals surface area contributed by atoms with Gasteiger partial charge in [-0.25, -0.2) is 9.37 Å². The molecule has 4 aromatic rings. The second-order valence-corrected chi connectivity index (χ2v) is 7.66. The van der Waals surface area contributed by atoms with Crippen molar-refractivity contribution in [3.63, 3.8) is 0 Å². The summed E-state index contributed by atoms with van der Waals surface area (Å²) in [6, 6.07) is 23.9. The molecule has 0 unspecified atom stereocenters. The predicted molar refractivity (Wildman–Crippen MR) is 122 cm³/mol. The van der Waals surface area contributed by atoms with E-state index in [2.05, 4.69) is 10.3 Å². The molecule has 148 valence electrons. The van der Waals surface area contributed by atoms with E-state index in [0.717, 1.165) is 27.9 Å². The highest BCUT2D eigenvalue weighted by atomic mass is 32.1. The fraction of sp³-hybridized carbons (Fsp3) is 0.0400. The number of nitrogens with one attached hydrogen (secondary N) is 1. The topological polar surface area (TPSA) is 42.0 Å². The Morgan fingerprint density at radius 1 is 0.933 bits per heavy atom. The summed E-state index contributed by atoms with van der Waals surface area (Å²) in [6.07, 6.45) is 1.76. The van der Waals surface area contributed by atoms with Gasteiger partial charge in [0.05, 0.1) is 5.69 Å². The monoisotopic (exact) mass is 414 g/mol. The SMILES string of the molecule is Cc1csc(NC(=O)C(=Cc2ccc(F)cc2)c2ccc(-c3ccccc3)cc2)n1. The molecule has 1 aromatic heterocycles. The summed E-state index contributed by atoms with van der Waals surface area (Å²) in [5, 5.41) is 5.29. The summed E-state index contributed by atoms with van der Waals surface area (Å²) in [4.78, 5) is 17.4. The number of aryl methyl sites for hydroxylation is 1. The van der Waals surface area contributed by atoms with Crippen LogP contribution >= 0.6 is 11.3 Å². The molecule has 5 heteroatoms. The van der Waals surface area contributed by atoms with Gasteiger partial charge in [0.2, 0.25) is 0 Å². The summed E-state index contributed by atoms with van der Waals surface area (Å²) in [7, 11) is 0. The molecule has 0 saturated heterocycles. The lowest BCUT2D eigenvalue weighted by Gasteiger charge is -2.10. The summed E-state index contributed by atoms with van der Waals surface area (Å²) in [6.45, 7) is 1.88. The lowest BCUT2D eigenvalue weighted by atomic mass is 9.98. The van der Waals surface area contributed by atoms with Gasteiger partial charge in [-0.2, -0.15) is 0 Å². The third kappa shape index (κ3) is 4.70. The van der Waals surface area contributed by atoms with Crippen molar-refractivity contribution < 1.29 is 9.18 Å². The molecule has 0 aliphatic rings. The van der Waals surface area contributed by atoms with Crippen LogP contribution in [0.5, 0.6) is 0 Å². The lowest BCUT2D eigenvalue weighted by Crippen LogP contribution is -2.13. The molecule has 0 fully saturated rings. The van der Waals surface area contributed by atoms with Crippen molar-refractivity contribution in [3.05, 3.63) is 107 Å². The van der Waals surface area contributed by atoms with Crippen molar-refractivity contribution in [2.24, 2.45) is 0 Å². The van der Waals surface area contributed by atoms with Gasteiger partial charge in [-0.15, -0.1) is 11.3 Å².